The number of benzene rings is 1. The van der Waals surface area contributed by atoms with Gasteiger partial charge in [0.1, 0.15) is 0 Å². The van der Waals surface area contributed by atoms with E-state index in [9.17, 15) is 8.42 Å². The summed E-state index contributed by atoms with van der Waals surface area (Å²) in [6.07, 6.45) is 16.2. The van der Waals surface area contributed by atoms with Crippen molar-refractivity contribution < 1.29 is 13.2 Å². The van der Waals surface area contributed by atoms with Gasteiger partial charge in [-0.25, -0.2) is 8.42 Å². The third kappa shape index (κ3) is 6.79. The standard InChI is InChI=1S/C27H41NO3S/c1-23-14-16-25(17-15-23)32(29,30)28-20-10-6-4-5-9-13-24-18-19-27(2,3)26(24)31-22-12-8-7-11-21-28/h9,13-18,26H,4-8,10-12,19-22H2,1-3H3/b13-9+. The van der Waals surface area contributed by atoms with Crippen LogP contribution >= 0.6 is 0 Å². The van der Waals surface area contributed by atoms with Crippen LogP contribution in [0.3, 0.4) is 0 Å². The second-order valence-electron chi connectivity index (χ2n) is 10.0. The van der Waals surface area contributed by atoms with Crippen LogP contribution in [0.4, 0.5) is 0 Å². The van der Waals surface area contributed by atoms with Crippen molar-refractivity contribution in [2.24, 2.45) is 5.41 Å². The largest absolute Gasteiger partial charge is 0.373 e. The van der Waals surface area contributed by atoms with E-state index in [2.05, 4.69) is 32.1 Å². The second-order valence-corrected chi connectivity index (χ2v) is 12.0. The van der Waals surface area contributed by atoms with E-state index in [1.807, 2.05) is 19.1 Å². The maximum atomic E-state index is 13.2. The van der Waals surface area contributed by atoms with Crippen LogP contribution in [0.25, 0.3) is 0 Å². The summed E-state index contributed by atoms with van der Waals surface area (Å²) >= 11 is 0. The minimum atomic E-state index is -3.44. The summed E-state index contributed by atoms with van der Waals surface area (Å²) in [5.41, 5.74) is 2.56. The normalized spacial score (nSPS) is 25.5. The van der Waals surface area contributed by atoms with Crippen LogP contribution in [0.5, 0.6) is 0 Å². The molecule has 0 radical (unpaired) electrons. The lowest BCUT2D eigenvalue weighted by Crippen LogP contribution is -2.33. The van der Waals surface area contributed by atoms with Crippen molar-refractivity contribution in [2.45, 2.75) is 89.6 Å². The molecule has 2 aliphatic rings. The summed E-state index contributed by atoms with van der Waals surface area (Å²) in [6.45, 7) is 8.53. The molecule has 1 aromatic rings. The lowest BCUT2D eigenvalue weighted by atomic mass is 9.86. The summed E-state index contributed by atoms with van der Waals surface area (Å²) in [5.74, 6) is 0. The maximum Gasteiger partial charge on any atom is 0.243 e. The third-order valence-electron chi connectivity index (χ3n) is 6.71. The fraction of sp³-hybridized carbons (Fsp3) is 0.630. The number of rotatable bonds is 2. The Hall–Kier alpha value is -1.43. The van der Waals surface area contributed by atoms with E-state index >= 15 is 0 Å². The number of allylic oxidation sites excluding steroid dienone is 2. The van der Waals surface area contributed by atoms with Crippen LogP contribution in [0, 0.1) is 12.3 Å². The Morgan fingerprint density at radius 3 is 2.31 bits per heavy atom. The van der Waals surface area contributed by atoms with Crippen LogP contribution in [0.2, 0.25) is 0 Å². The van der Waals surface area contributed by atoms with Gasteiger partial charge in [-0.15, -0.1) is 0 Å². The smallest absolute Gasteiger partial charge is 0.243 e. The Balaban J connectivity index is 1.63. The zero-order valence-electron chi connectivity index (χ0n) is 20.2. The molecule has 5 heteroatoms. The highest BCUT2D eigenvalue weighted by Gasteiger charge is 2.36. The molecule has 1 unspecified atom stereocenters. The fourth-order valence-electron chi connectivity index (χ4n) is 4.63. The lowest BCUT2D eigenvalue weighted by molar-refractivity contribution is 0.00981. The first-order chi connectivity index (χ1) is 15.3. The minimum Gasteiger partial charge on any atom is -0.373 e. The Morgan fingerprint density at radius 1 is 0.938 bits per heavy atom. The SMILES string of the molecule is Cc1ccc(S(=O)(=O)N2CCCCC/C=C/C3=CCC(C)(C)C3OCCCCCC2)cc1. The van der Waals surface area contributed by atoms with Crippen molar-refractivity contribution in [1.29, 1.82) is 0 Å². The van der Waals surface area contributed by atoms with E-state index in [4.69, 9.17) is 4.74 Å². The molecule has 32 heavy (non-hydrogen) atoms. The van der Waals surface area contributed by atoms with E-state index in [0.29, 0.717) is 18.0 Å². The molecule has 178 valence electrons. The predicted molar refractivity (Wildman–Crippen MR) is 132 cm³/mol. The first-order valence-electron chi connectivity index (χ1n) is 12.4. The molecule has 3 rings (SSSR count). The number of ether oxygens (including phenoxy) is 1. The summed E-state index contributed by atoms with van der Waals surface area (Å²) in [6, 6.07) is 7.24. The first kappa shape index (κ1) is 25.2. The summed E-state index contributed by atoms with van der Waals surface area (Å²) in [5, 5.41) is 0. The van der Waals surface area contributed by atoms with Gasteiger partial charge < -0.3 is 4.74 Å². The molecule has 0 saturated carbocycles. The summed E-state index contributed by atoms with van der Waals surface area (Å²) < 4.78 is 34.5. The molecule has 1 aliphatic carbocycles. The van der Waals surface area contributed by atoms with Crippen LogP contribution in [-0.4, -0.2) is 38.5 Å². The Labute approximate surface area is 195 Å². The second kappa shape index (κ2) is 11.6. The van der Waals surface area contributed by atoms with Gasteiger partial charge in [0.25, 0.3) is 0 Å². The van der Waals surface area contributed by atoms with Gasteiger partial charge in [0.15, 0.2) is 0 Å². The Kier molecular flexibility index (Phi) is 9.15. The van der Waals surface area contributed by atoms with Gasteiger partial charge in [-0.3, -0.25) is 0 Å². The van der Waals surface area contributed by atoms with Crippen LogP contribution in [0.15, 0.2) is 53.0 Å². The molecule has 0 bridgehead atoms. The zero-order valence-corrected chi connectivity index (χ0v) is 21.0. The van der Waals surface area contributed by atoms with Gasteiger partial charge in [0.2, 0.25) is 10.0 Å². The third-order valence-corrected chi connectivity index (χ3v) is 8.62. The molecule has 1 aromatic carbocycles. The van der Waals surface area contributed by atoms with Gasteiger partial charge in [-0.05, 0) is 68.6 Å². The highest BCUT2D eigenvalue weighted by Crippen LogP contribution is 2.39. The van der Waals surface area contributed by atoms with Gasteiger partial charge >= 0.3 is 0 Å². The van der Waals surface area contributed by atoms with Crippen molar-refractivity contribution in [1.82, 2.24) is 4.31 Å². The number of fused-ring (bicyclic) bond motifs is 1. The molecule has 4 nitrogen and oxygen atoms in total. The van der Waals surface area contributed by atoms with Crippen molar-refractivity contribution in [3.63, 3.8) is 0 Å². The molecule has 1 atom stereocenters. The number of hydrogen-bond donors (Lipinski definition) is 0. The van der Waals surface area contributed by atoms with Gasteiger partial charge in [0.05, 0.1) is 11.0 Å². The fourth-order valence-corrected chi connectivity index (χ4v) is 6.14. The molecule has 0 fully saturated rings. The quantitative estimate of drug-likeness (QED) is 0.513. The molecule has 0 spiro atoms. The van der Waals surface area contributed by atoms with E-state index in [1.165, 1.54) is 5.57 Å². The van der Waals surface area contributed by atoms with Gasteiger partial charge in [-0.2, -0.15) is 4.31 Å². The molecule has 0 aromatic heterocycles. The van der Waals surface area contributed by atoms with E-state index in [-0.39, 0.29) is 11.5 Å². The summed E-state index contributed by atoms with van der Waals surface area (Å²) in [4.78, 5) is 0.410. The van der Waals surface area contributed by atoms with Crippen LogP contribution in [0.1, 0.15) is 77.2 Å². The predicted octanol–water partition coefficient (Wildman–Crippen LogP) is 6.42. The molecule has 0 saturated heterocycles. The number of hydrogen-bond acceptors (Lipinski definition) is 3. The molecular weight excluding hydrogens is 418 g/mol. The molecular formula is C27H41NO3S. The average molecular weight is 460 g/mol. The van der Waals surface area contributed by atoms with E-state index in [0.717, 1.165) is 70.0 Å². The van der Waals surface area contributed by atoms with E-state index < -0.39 is 10.0 Å². The van der Waals surface area contributed by atoms with Gasteiger partial charge in [0, 0.05) is 19.7 Å². The number of sulfonamides is 1. The van der Waals surface area contributed by atoms with Crippen molar-refractivity contribution in [2.75, 3.05) is 19.7 Å². The van der Waals surface area contributed by atoms with Crippen molar-refractivity contribution in [3.05, 3.63) is 53.6 Å². The van der Waals surface area contributed by atoms with E-state index in [1.54, 1.807) is 16.4 Å². The lowest BCUT2D eigenvalue weighted by Gasteiger charge is -2.29. The number of nitrogens with zero attached hydrogens (tertiary/aromatic N) is 1. The first-order valence-corrected chi connectivity index (χ1v) is 13.8. The molecule has 1 heterocycles. The maximum absolute atomic E-state index is 13.2. The van der Waals surface area contributed by atoms with Gasteiger partial charge in [-0.1, -0.05) is 69.0 Å². The van der Waals surface area contributed by atoms with Crippen molar-refractivity contribution >= 4 is 10.0 Å². The van der Waals surface area contributed by atoms with Crippen molar-refractivity contribution in [3.8, 4) is 0 Å². The Morgan fingerprint density at radius 2 is 1.59 bits per heavy atom. The summed E-state index contributed by atoms with van der Waals surface area (Å²) in [7, 11) is -3.44. The van der Waals surface area contributed by atoms with Crippen LogP contribution in [-0.2, 0) is 14.8 Å². The highest BCUT2D eigenvalue weighted by atomic mass is 32.2. The average Bonchev–Trinajstić information content (AvgIpc) is 3.04. The topological polar surface area (TPSA) is 46.6 Å². The highest BCUT2D eigenvalue weighted by molar-refractivity contribution is 7.89. The number of aryl methyl sites for hydroxylation is 1. The molecule has 0 N–H and O–H groups in total. The monoisotopic (exact) mass is 459 g/mol. The minimum absolute atomic E-state index is 0.160. The molecule has 0 amide bonds. The van der Waals surface area contributed by atoms with Crippen LogP contribution < -0.4 is 0 Å². The Bertz CT molecular complexity index is 884. The zero-order chi connectivity index (χ0) is 23.0. The molecule has 1 aliphatic heterocycles.